The number of hydrogen-bond acceptors (Lipinski definition) is 6. The van der Waals surface area contributed by atoms with Gasteiger partial charge in [-0.3, -0.25) is 9.59 Å². The first-order chi connectivity index (χ1) is 13.0. The number of carbonyl (C=O) groups excluding carboxylic acids is 2. The maximum atomic E-state index is 11.9. The molecule has 144 valence electrons. The molecule has 0 heterocycles. The van der Waals surface area contributed by atoms with Crippen LogP contribution in [0.5, 0.6) is 23.0 Å². The van der Waals surface area contributed by atoms with E-state index in [4.69, 9.17) is 9.47 Å². The highest BCUT2D eigenvalue weighted by molar-refractivity contribution is 5.95. The average molecular weight is 374 g/mol. The number of phenols is 2. The molecule has 0 fully saturated rings. The average Bonchev–Trinajstić information content (AvgIpc) is 2.64. The molecule has 4 N–H and O–H groups in total. The van der Waals surface area contributed by atoms with Crippen LogP contribution >= 0.6 is 0 Å². The molecule has 2 aromatic rings. The minimum atomic E-state index is -0.471. The largest absolute Gasteiger partial charge is 0.508 e. The Labute approximate surface area is 156 Å². The van der Waals surface area contributed by atoms with Gasteiger partial charge in [-0.25, -0.2) is 0 Å². The summed E-state index contributed by atoms with van der Waals surface area (Å²) in [7, 11) is 0. The van der Waals surface area contributed by atoms with Crippen molar-refractivity contribution in [1.82, 2.24) is 10.6 Å². The van der Waals surface area contributed by atoms with Crippen molar-refractivity contribution in [2.24, 2.45) is 0 Å². The lowest BCUT2D eigenvalue weighted by Gasteiger charge is -2.09. The van der Waals surface area contributed by atoms with Crippen LogP contribution in [0.4, 0.5) is 0 Å². The third kappa shape index (κ3) is 6.77. The summed E-state index contributed by atoms with van der Waals surface area (Å²) in [6.45, 7) is 2.71. The van der Waals surface area contributed by atoms with Crippen molar-refractivity contribution < 1.29 is 29.3 Å². The van der Waals surface area contributed by atoms with Crippen LogP contribution in [0, 0.1) is 0 Å². The van der Waals surface area contributed by atoms with Crippen LogP contribution in [-0.2, 0) is 4.79 Å². The van der Waals surface area contributed by atoms with Crippen LogP contribution < -0.4 is 20.1 Å². The molecule has 0 unspecified atom stereocenters. The lowest BCUT2D eigenvalue weighted by atomic mass is 10.2. The third-order valence-corrected chi connectivity index (χ3v) is 3.40. The fourth-order valence-corrected chi connectivity index (χ4v) is 2.20. The van der Waals surface area contributed by atoms with Gasteiger partial charge >= 0.3 is 0 Å². The molecular formula is C19H22N2O6. The van der Waals surface area contributed by atoms with Crippen molar-refractivity contribution in [2.45, 2.75) is 6.92 Å². The summed E-state index contributed by atoms with van der Waals surface area (Å²) in [4.78, 5) is 23.6. The van der Waals surface area contributed by atoms with Crippen molar-refractivity contribution >= 4 is 11.8 Å². The summed E-state index contributed by atoms with van der Waals surface area (Å²) in [6.07, 6.45) is 0. The molecule has 0 bridgehead atoms. The molecule has 0 aliphatic heterocycles. The number of ether oxygens (including phenoxy) is 2. The van der Waals surface area contributed by atoms with Gasteiger partial charge in [-0.15, -0.1) is 0 Å². The molecule has 0 saturated heterocycles. The summed E-state index contributed by atoms with van der Waals surface area (Å²) in [6, 6.07) is 10.5. The number of hydrogen-bond donors (Lipinski definition) is 4. The quantitative estimate of drug-likeness (QED) is 0.493. The zero-order valence-electron chi connectivity index (χ0n) is 14.9. The van der Waals surface area contributed by atoms with Gasteiger partial charge in [-0.1, -0.05) is 0 Å². The zero-order chi connectivity index (χ0) is 19.6. The van der Waals surface area contributed by atoms with Gasteiger partial charge in [-0.05, 0) is 43.3 Å². The Balaban J connectivity index is 1.66. The first-order valence-electron chi connectivity index (χ1n) is 8.41. The minimum absolute atomic E-state index is 0.123. The molecule has 0 radical (unpaired) electrons. The van der Waals surface area contributed by atoms with Gasteiger partial charge in [0, 0.05) is 24.7 Å². The fraction of sp³-hybridized carbons (Fsp3) is 0.263. The van der Waals surface area contributed by atoms with Gasteiger partial charge in [0.15, 0.2) is 6.61 Å². The predicted molar refractivity (Wildman–Crippen MR) is 98.2 cm³/mol. The van der Waals surface area contributed by atoms with E-state index in [0.717, 1.165) is 11.8 Å². The van der Waals surface area contributed by atoms with Crippen LogP contribution in [0.15, 0.2) is 42.5 Å². The van der Waals surface area contributed by atoms with E-state index in [2.05, 4.69) is 10.6 Å². The van der Waals surface area contributed by atoms with Gasteiger partial charge in [0.1, 0.15) is 23.0 Å². The molecule has 27 heavy (non-hydrogen) atoms. The summed E-state index contributed by atoms with van der Waals surface area (Å²) in [5, 5.41) is 23.9. The van der Waals surface area contributed by atoms with Gasteiger partial charge in [0.05, 0.1) is 6.61 Å². The predicted octanol–water partition coefficient (Wildman–Crippen LogP) is 1.42. The zero-order valence-corrected chi connectivity index (χ0v) is 14.9. The minimum Gasteiger partial charge on any atom is -0.508 e. The highest BCUT2D eigenvalue weighted by Gasteiger charge is 2.08. The monoisotopic (exact) mass is 374 g/mol. The summed E-state index contributed by atoms with van der Waals surface area (Å²) >= 11 is 0. The van der Waals surface area contributed by atoms with E-state index in [-0.39, 0.29) is 42.7 Å². The summed E-state index contributed by atoms with van der Waals surface area (Å²) < 4.78 is 10.7. The van der Waals surface area contributed by atoms with E-state index < -0.39 is 5.91 Å². The molecule has 0 spiro atoms. The number of rotatable bonds is 9. The highest BCUT2D eigenvalue weighted by atomic mass is 16.5. The smallest absolute Gasteiger partial charge is 0.258 e. The topological polar surface area (TPSA) is 117 Å². The number of amides is 2. The van der Waals surface area contributed by atoms with Crippen LogP contribution in [0.25, 0.3) is 0 Å². The molecule has 8 heteroatoms. The van der Waals surface area contributed by atoms with Gasteiger partial charge in [-0.2, -0.15) is 0 Å². The molecule has 2 rings (SSSR count). The van der Waals surface area contributed by atoms with E-state index in [1.54, 1.807) is 24.3 Å². The van der Waals surface area contributed by atoms with Crippen molar-refractivity contribution in [3.05, 3.63) is 48.0 Å². The second kappa shape index (κ2) is 9.91. The molecule has 8 nitrogen and oxygen atoms in total. The lowest BCUT2D eigenvalue weighted by Crippen LogP contribution is -2.36. The SMILES string of the molecule is CCOc1ccc(OCC(=O)NCCNC(=O)c2cc(O)cc(O)c2)cc1. The second-order valence-electron chi connectivity index (χ2n) is 5.54. The first-order valence-corrected chi connectivity index (χ1v) is 8.41. The van der Waals surface area contributed by atoms with Crippen molar-refractivity contribution in [2.75, 3.05) is 26.3 Å². The van der Waals surface area contributed by atoms with E-state index >= 15 is 0 Å². The van der Waals surface area contributed by atoms with Crippen LogP contribution in [-0.4, -0.2) is 48.3 Å². The molecule has 0 atom stereocenters. The third-order valence-electron chi connectivity index (χ3n) is 3.40. The van der Waals surface area contributed by atoms with Crippen LogP contribution in [0.3, 0.4) is 0 Å². The van der Waals surface area contributed by atoms with E-state index in [9.17, 15) is 19.8 Å². The summed E-state index contributed by atoms with van der Waals surface area (Å²) in [5.74, 6) is 0.0599. The standard InChI is InChI=1S/C19H22N2O6/c1-2-26-16-3-5-17(6-4-16)27-12-18(24)20-7-8-21-19(25)13-9-14(22)11-15(23)10-13/h3-6,9-11,22-23H,2,7-8,12H2,1H3,(H,20,24)(H,21,25). The van der Waals surface area contributed by atoms with Crippen LogP contribution in [0.1, 0.15) is 17.3 Å². The van der Waals surface area contributed by atoms with E-state index in [1.165, 1.54) is 12.1 Å². The lowest BCUT2D eigenvalue weighted by molar-refractivity contribution is -0.123. The normalized spacial score (nSPS) is 10.1. The fourth-order valence-electron chi connectivity index (χ4n) is 2.20. The van der Waals surface area contributed by atoms with Crippen molar-refractivity contribution in [3.63, 3.8) is 0 Å². The Morgan fingerprint density at radius 2 is 1.44 bits per heavy atom. The van der Waals surface area contributed by atoms with E-state index in [1.807, 2.05) is 6.92 Å². The van der Waals surface area contributed by atoms with E-state index in [0.29, 0.717) is 12.4 Å². The molecule has 0 aliphatic carbocycles. The molecule has 0 aliphatic rings. The van der Waals surface area contributed by atoms with Crippen molar-refractivity contribution in [3.8, 4) is 23.0 Å². The van der Waals surface area contributed by atoms with Gasteiger partial charge in [0.2, 0.25) is 0 Å². The Kier molecular flexibility index (Phi) is 7.30. The summed E-state index contributed by atoms with van der Waals surface area (Å²) in [5.41, 5.74) is 0.123. The molecular weight excluding hydrogens is 352 g/mol. The number of aromatic hydroxyl groups is 2. The Bertz CT molecular complexity index is 756. The molecule has 2 aromatic carbocycles. The molecule has 0 saturated carbocycles. The van der Waals surface area contributed by atoms with Crippen LogP contribution in [0.2, 0.25) is 0 Å². The van der Waals surface area contributed by atoms with Gasteiger partial charge < -0.3 is 30.3 Å². The number of nitrogens with one attached hydrogen (secondary N) is 2. The Morgan fingerprint density at radius 1 is 0.889 bits per heavy atom. The Morgan fingerprint density at radius 3 is 2.04 bits per heavy atom. The number of benzene rings is 2. The highest BCUT2D eigenvalue weighted by Crippen LogP contribution is 2.20. The molecule has 2 amide bonds. The van der Waals surface area contributed by atoms with Gasteiger partial charge in [0.25, 0.3) is 11.8 Å². The first kappa shape index (κ1) is 19.9. The number of carbonyl (C=O) groups is 2. The number of phenolic OH excluding ortho intramolecular Hbond substituents is 2. The van der Waals surface area contributed by atoms with Crippen molar-refractivity contribution in [1.29, 1.82) is 0 Å². The Hall–Kier alpha value is -3.42. The maximum Gasteiger partial charge on any atom is 0.258 e. The maximum absolute atomic E-state index is 11.9. The molecule has 0 aromatic heterocycles. The second-order valence-corrected chi connectivity index (χ2v) is 5.54.